The lowest BCUT2D eigenvalue weighted by Crippen LogP contribution is -2.29. The first kappa shape index (κ1) is 17.3. The maximum atomic E-state index is 10.4. The fraction of sp³-hybridized carbons (Fsp3) is 0.727. The molecule has 1 heterocycles. The number of imidazole rings is 1. The standard InChI is InChI=1S/C7H13N2.C4H11O4P/c1-4-9-6-5-8(3)7(9)2;1-3-7-9(5,6)8-4-2/h5-6H,4H2,1-3H3;3-4H2,1-2H3,(H,5,6)/q+1;/p-1. The minimum atomic E-state index is -3.94. The molecule has 0 amide bonds. The average Bonchev–Trinajstić information content (AvgIpc) is 2.60. The molecule has 7 heteroatoms. The summed E-state index contributed by atoms with van der Waals surface area (Å²) in [5.41, 5.74) is 0. The molecule has 0 aliphatic heterocycles. The van der Waals surface area contributed by atoms with Crippen molar-refractivity contribution < 1.29 is 23.1 Å². The summed E-state index contributed by atoms with van der Waals surface area (Å²) in [7, 11) is -1.89. The van der Waals surface area contributed by atoms with Crippen molar-refractivity contribution in [2.75, 3.05) is 13.2 Å². The quantitative estimate of drug-likeness (QED) is 0.599. The normalized spacial score (nSPS) is 11.0. The van der Waals surface area contributed by atoms with Crippen molar-refractivity contribution in [3.8, 4) is 0 Å². The Morgan fingerprint density at radius 1 is 1.33 bits per heavy atom. The molecular formula is C11H23N2O4P. The molecule has 1 aromatic heterocycles. The molecule has 0 unspecified atom stereocenters. The van der Waals surface area contributed by atoms with E-state index < -0.39 is 7.82 Å². The highest BCUT2D eigenvalue weighted by Gasteiger charge is 2.04. The summed E-state index contributed by atoms with van der Waals surface area (Å²) in [6.45, 7) is 8.75. The molecule has 0 aliphatic carbocycles. The van der Waals surface area contributed by atoms with Gasteiger partial charge < -0.3 is 13.9 Å². The van der Waals surface area contributed by atoms with Crippen LogP contribution in [0.15, 0.2) is 12.4 Å². The fourth-order valence-corrected chi connectivity index (χ4v) is 1.99. The third kappa shape index (κ3) is 6.31. The molecule has 0 aromatic carbocycles. The van der Waals surface area contributed by atoms with E-state index in [4.69, 9.17) is 0 Å². The van der Waals surface area contributed by atoms with Gasteiger partial charge in [0.05, 0.1) is 26.8 Å². The Hall–Kier alpha value is -0.680. The minimum absolute atomic E-state index is 0.126. The van der Waals surface area contributed by atoms with Crippen LogP contribution in [-0.2, 0) is 27.2 Å². The van der Waals surface area contributed by atoms with Crippen LogP contribution in [0.3, 0.4) is 0 Å². The summed E-state index contributed by atoms with van der Waals surface area (Å²) < 4.78 is 23.2. The summed E-state index contributed by atoms with van der Waals surface area (Å²) >= 11 is 0. The Balaban J connectivity index is 0.000000321. The van der Waals surface area contributed by atoms with E-state index in [1.807, 2.05) is 0 Å². The molecule has 1 rings (SSSR count). The van der Waals surface area contributed by atoms with E-state index in [2.05, 4.69) is 51.5 Å². The van der Waals surface area contributed by atoms with Crippen molar-refractivity contribution in [1.29, 1.82) is 0 Å². The van der Waals surface area contributed by atoms with Crippen LogP contribution >= 0.6 is 7.82 Å². The van der Waals surface area contributed by atoms with Gasteiger partial charge in [-0.05, 0) is 20.8 Å². The number of aryl methyl sites for hydroxylation is 2. The van der Waals surface area contributed by atoms with E-state index in [-0.39, 0.29) is 13.2 Å². The summed E-state index contributed by atoms with van der Waals surface area (Å²) in [5, 5.41) is 0. The zero-order valence-electron chi connectivity index (χ0n) is 11.8. The second-order valence-electron chi connectivity index (χ2n) is 3.53. The first-order chi connectivity index (χ1) is 8.37. The van der Waals surface area contributed by atoms with Crippen molar-refractivity contribution in [3.63, 3.8) is 0 Å². The largest absolute Gasteiger partial charge is 0.756 e. The number of aromatic nitrogens is 2. The van der Waals surface area contributed by atoms with Crippen molar-refractivity contribution in [2.45, 2.75) is 34.2 Å². The predicted molar refractivity (Wildman–Crippen MR) is 66.9 cm³/mol. The van der Waals surface area contributed by atoms with Gasteiger partial charge in [0, 0.05) is 6.92 Å². The summed E-state index contributed by atoms with van der Waals surface area (Å²) in [4.78, 5) is 10.4. The predicted octanol–water partition coefficient (Wildman–Crippen LogP) is 1.17. The summed E-state index contributed by atoms with van der Waals surface area (Å²) in [5.74, 6) is 1.30. The monoisotopic (exact) mass is 278 g/mol. The number of hydrogen-bond acceptors (Lipinski definition) is 4. The topological polar surface area (TPSA) is 67.4 Å². The van der Waals surface area contributed by atoms with Gasteiger partial charge in [-0.15, -0.1) is 0 Å². The Kier molecular flexibility index (Phi) is 8.11. The molecule has 0 N–H and O–H groups in total. The first-order valence-electron chi connectivity index (χ1n) is 5.99. The smallest absolute Gasteiger partial charge is 0.267 e. The second-order valence-corrected chi connectivity index (χ2v) is 4.94. The van der Waals surface area contributed by atoms with Gasteiger partial charge in [-0.1, -0.05) is 0 Å². The van der Waals surface area contributed by atoms with Crippen LogP contribution in [0.1, 0.15) is 26.6 Å². The Morgan fingerprint density at radius 3 is 2.06 bits per heavy atom. The minimum Gasteiger partial charge on any atom is -0.756 e. The Bertz CT molecular complexity index is 382. The van der Waals surface area contributed by atoms with Crippen LogP contribution in [0.2, 0.25) is 0 Å². The van der Waals surface area contributed by atoms with E-state index in [0.29, 0.717) is 0 Å². The lowest BCUT2D eigenvalue weighted by molar-refractivity contribution is -0.677. The van der Waals surface area contributed by atoms with Crippen LogP contribution in [0.4, 0.5) is 0 Å². The number of phosphoric ester groups is 1. The molecule has 0 aliphatic rings. The fourth-order valence-electron chi connectivity index (χ4n) is 1.29. The molecule has 0 saturated heterocycles. The maximum Gasteiger partial charge on any atom is 0.267 e. The molecule has 1 aromatic rings. The molecule has 18 heavy (non-hydrogen) atoms. The lowest BCUT2D eigenvalue weighted by Gasteiger charge is -2.20. The van der Waals surface area contributed by atoms with E-state index in [1.165, 1.54) is 5.82 Å². The summed E-state index contributed by atoms with van der Waals surface area (Å²) in [6, 6.07) is 0. The third-order valence-electron chi connectivity index (χ3n) is 2.31. The van der Waals surface area contributed by atoms with Crippen LogP contribution < -0.4 is 9.46 Å². The average molecular weight is 278 g/mol. The number of phosphoric acid groups is 1. The zero-order valence-corrected chi connectivity index (χ0v) is 12.6. The molecule has 0 spiro atoms. The van der Waals surface area contributed by atoms with Gasteiger partial charge in [0.1, 0.15) is 12.4 Å². The number of nitrogens with zero attached hydrogens (tertiary/aromatic N) is 2. The molecule has 106 valence electrons. The Labute approximate surface area is 109 Å². The van der Waals surface area contributed by atoms with Crippen LogP contribution in [0.5, 0.6) is 0 Å². The van der Waals surface area contributed by atoms with Gasteiger partial charge in [0.15, 0.2) is 0 Å². The van der Waals surface area contributed by atoms with Gasteiger partial charge in [-0.3, -0.25) is 4.57 Å². The van der Waals surface area contributed by atoms with Crippen LogP contribution in [0.25, 0.3) is 0 Å². The van der Waals surface area contributed by atoms with Gasteiger partial charge in [-0.2, -0.15) is 0 Å². The molecule has 6 nitrogen and oxygen atoms in total. The number of rotatable bonds is 5. The molecule has 0 saturated carbocycles. The van der Waals surface area contributed by atoms with E-state index >= 15 is 0 Å². The first-order valence-corrected chi connectivity index (χ1v) is 7.45. The van der Waals surface area contributed by atoms with E-state index in [1.54, 1.807) is 13.8 Å². The summed E-state index contributed by atoms with van der Waals surface area (Å²) in [6.07, 6.45) is 4.16. The highest BCUT2D eigenvalue weighted by atomic mass is 31.2. The SMILES string of the molecule is CCOP(=O)([O-])OCC.CCn1cc[n+](C)c1C. The van der Waals surface area contributed by atoms with Crippen molar-refractivity contribution >= 4 is 7.82 Å². The molecule has 0 fully saturated rings. The van der Waals surface area contributed by atoms with Crippen molar-refractivity contribution in [3.05, 3.63) is 18.2 Å². The van der Waals surface area contributed by atoms with Crippen molar-refractivity contribution in [1.82, 2.24) is 4.57 Å². The highest BCUT2D eigenvalue weighted by molar-refractivity contribution is 7.45. The highest BCUT2D eigenvalue weighted by Crippen LogP contribution is 2.37. The molecule has 0 bridgehead atoms. The van der Waals surface area contributed by atoms with Gasteiger partial charge in [0.2, 0.25) is 0 Å². The van der Waals surface area contributed by atoms with Gasteiger partial charge in [-0.25, -0.2) is 9.13 Å². The third-order valence-corrected chi connectivity index (χ3v) is 3.46. The second kappa shape index (κ2) is 8.43. The number of hydrogen-bond donors (Lipinski definition) is 0. The molecule has 0 radical (unpaired) electrons. The maximum absolute atomic E-state index is 10.4. The molecular weight excluding hydrogens is 255 g/mol. The van der Waals surface area contributed by atoms with E-state index in [0.717, 1.165) is 6.54 Å². The van der Waals surface area contributed by atoms with Crippen LogP contribution in [0, 0.1) is 6.92 Å². The van der Waals surface area contributed by atoms with Gasteiger partial charge >= 0.3 is 0 Å². The zero-order chi connectivity index (χ0) is 14.2. The van der Waals surface area contributed by atoms with Crippen molar-refractivity contribution in [2.24, 2.45) is 7.05 Å². The van der Waals surface area contributed by atoms with Gasteiger partial charge in [0.25, 0.3) is 13.6 Å². The van der Waals surface area contributed by atoms with E-state index in [9.17, 15) is 9.46 Å². The van der Waals surface area contributed by atoms with Crippen LogP contribution in [-0.4, -0.2) is 17.8 Å². The lowest BCUT2D eigenvalue weighted by atomic mass is 10.6. The molecule has 0 atom stereocenters. The Morgan fingerprint density at radius 2 is 1.83 bits per heavy atom.